The van der Waals surface area contributed by atoms with Crippen molar-refractivity contribution in [3.05, 3.63) is 52.0 Å². The van der Waals surface area contributed by atoms with Gasteiger partial charge in [0.15, 0.2) is 0 Å². The predicted molar refractivity (Wildman–Crippen MR) is 151 cm³/mol. The van der Waals surface area contributed by atoms with E-state index in [1.165, 1.54) is 18.4 Å². The van der Waals surface area contributed by atoms with Crippen LogP contribution in [0.2, 0.25) is 10.0 Å². The normalized spacial score (nSPS) is 31.8. The molecule has 6 rings (SSSR count). The molecule has 0 radical (unpaired) electrons. The number of benzene rings is 1. The molecule has 3 fully saturated rings. The van der Waals surface area contributed by atoms with Crippen LogP contribution in [0, 0.1) is 11.8 Å². The molecule has 3 aliphatic heterocycles. The molecule has 2 aliphatic carbocycles. The molecule has 9 heteroatoms. The van der Waals surface area contributed by atoms with Gasteiger partial charge >= 0.3 is 0 Å². The van der Waals surface area contributed by atoms with Crippen molar-refractivity contribution in [2.75, 3.05) is 11.9 Å². The van der Waals surface area contributed by atoms with Gasteiger partial charge in [-0.25, -0.2) is 0 Å². The first-order chi connectivity index (χ1) is 18.9. The molecule has 2 saturated heterocycles. The topological polar surface area (TPSA) is 87.7 Å². The van der Waals surface area contributed by atoms with Crippen molar-refractivity contribution in [3.63, 3.8) is 0 Å². The lowest BCUT2D eigenvalue weighted by Crippen LogP contribution is -2.56. The average molecular weight is 573 g/mol. The third-order valence-electron chi connectivity index (χ3n) is 9.07. The second-order valence-corrected chi connectivity index (χ2v) is 12.5. The van der Waals surface area contributed by atoms with Crippen molar-refractivity contribution >= 4 is 46.6 Å². The van der Waals surface area contributed by atoms with Crippen LogP contribution in [0.25, 0.3) is 0 Å². The van der Waals surface area contributed by atoms with Crippen molar-refractivity contribution in [2.45, 2.75) is 88.0 Å². The Labute approximate surface area is 239 Å². The Balaban J connectivity index is 1.28. The summed E-state index contributed by atoms with van der Waals surface area (Å²) >= 11 is 12.3. The van der Waals surface area contributed by atoms with Crippen LogP contribution in [0.15, 0.2) is 42.0 Å². The van der Waals surface area contributed by atoms with E-state index in [2.05, 4.69) is 16.7 Å². The Kier molecular flexibility index (Phi) is 7.51. The van der Waals surface area contributed by atoms with E-state index in [0.29, 0.717) is 22.3 Å². The van der Waals surface area contributed by atoms with Gasteiger partial charge in [0.05, 0.1) is 17.9 Å². The van der Waals surface area contributed by atoms with E-state index in [1.54, 1.807) is 23.1 Å². The van der Waals surface area contributed by atoms with Crippen LogP contribution < -0.4 is 10.6 Å². The number of nitrogens with one attached hydrogen (secondary N) is 2. The fraction of sp³-hybridized carbons (Fsp3) is 0.567. The average Bonchev–Trinajstić information content (AvgIpc) is 3.55. The summed E-state index contributed by atoms with van der Waals surface area (Å²) in [6.07, 6.45) is 15.8. The van der Waals surface area contributed by atoms with Crippen LogP contribution in [-0.2, 0) is 19.1 Å². The van der Waals surface area contributed by atoms with E-state index in [1.807, 2.05) is 12.2 Å². The minimum Gasteiger partial charge on any atom is -0.359 e. The van der Waals surface area contributed by atoms with E-state index in [4.69, 9.17) is 27.9 Å². The summed E-state index contributed by atoms with van der Waals surface area (Å²) in [6, 6.07) is 4.13. The van der Waals surface area contributed by atoms with Crippen molar-refractivity contribution in [1.82, 2.24) is 10.2 Å². The summed E-state index contributed by atoms with van der Waals surface area (Å²) in [6.45, 7) is 0.436. The Bertz CT molecular complexity index is 1210. The third kappa shape index (κ3) is 5.02. The lowest BCUT2D eigenvalue weighted by molar-refractivity contribution is -0.141. The van der Waals surface area contributed by atoms with E-state index in [9.17, 15) is 14.4 Å². The number of anilines is 1. The molecule has 2 N–H and O–H groups in total. The van der Waals surface area contributed by atoms with Crippen LogP contribution in [0.5, 0.6) is 0 Å². The molecule has 2 bridgehead atoms. The highest BCUT2D eigenvalue weighted by Crippen LogP contribution is 2.55. The minimum atomic E-state index is -1.16. The highest BCUT2D eigenvalue weighted by Gasteiger charge is 2.72. The highest BCUT2D eigenvalue weighted by atomic mass is 35.5. The zero-order valence-corrected chi connectivity index (χ0v) is 23.5. The Hall–Kier alpha value is -2.35. The van der Waals surface area contributed by atoms with Gasteiger partial charge in [0.1, 0.15) is 11.6 Å². The molecular formula is C30H35Cl2N3O4. The SMILES string of the molecule is O=C(Nc1cc(Cl)cc(Cl)c1)C1[C@@H]2C=CC3(O2)C(C(=O)NC2CCCCC2)N(CCC2=CCCCC2)C(=O)[C@H]13. The number of fused-ring (bicyclic) bond motifs is 1. The first kappa shape index (κ1) is 26.9. The molecule has 3 unspecified atom stereocenters. The Morgan fingerprint density at radius 3 is 2.51 bits per heavy atom. The molecule has 1 aromatic carbocycles. The lowest BCUT2D eigenvalue weighted by atomic mass is 9.74. The van der Waals surface area contributed by atoms with Crippen LogP contribution >= 0.6 is 23.2 Å². The molecule has 1 saturated carbocycles. The van der Waals surface area contributed by atoms with Gasteiger partial charge in [-0.05, 0) is 63.1 Å². The highest BCUT2D eigenvalue weighted by molar-refractivity contribution is 6.35. The second kappa shape index (κ2) is 10.9. The monoisotopic (exact) mass is 571 g/mol. The maximum Gasteiger partial charge on any atom is 0.246 e. The van der Waals surface area contributed by atoms with E-state index >= 15 is 0 Å². The molecular weight excluding hydrogens is 537 g/mol. The standard InChI is InChI=1S/C30H35Cl2N3O4/c31-19-15-20(32)17-22(16-19)34-27(36)24-23-11-13-30(39-23)25(24)29(38)35(14-12-18-7-3-1-4-8-18)26(30)28(37)33-21-9-5-2-6-10-21/h7,11,13,15-17,21,23-26H,1-6,8-10,12,14H2,(H,33,37)(H,34,36)/t23-,24?,25-,26?,30?/m0/s1. The summed E-state index contributed by atoms with van der Waals surface area (Å²) in [5.74, 6) is -2.24. The quantitative estimate of drug-likeness (QED) is 0.427. The van der Waals surface area contributed by atoms with Gasteiger partial charge in [-0.1, -0.05) is 66.3 Å². The van der Waals surface area contributed by atoms with Crippen molar-refractivity contribution in [3.8, 4) is 0 Å². The summed E-state index contributed by atoms with van der Waals surface area (Å²) < 4.78 is 6.46. The number of allylic oxidation sites excluding steroid dienone is 1. The first-order valence-electron chi connectivity index (χ1n) is 14.3. The second-order valence-electron chi connectivity index (χ2n) is 11.6. The molecule has 7 nitrogen and oxygen atoms in total. The fourth-order valence-electron chi connectivity index (χ4n) is 7.28. The zero-order chi connectivity index (χ0) is 27.1. The number of carbonyl (C=O) groups excluding carboxylic acids is 3. The van der Waals surface area contributed by atoms with Gasteiger partial charge in [-0.2, -0.15) is 0 Å². The number of likely N-dealkylation sites (tertiary alicyclic amines) is 1. The molecule has 5 aliphatic rings. The number of nitrogens with zero attached hydrogens (tertiary/aromatic N) is 1. The summed E-state index contributed by atoms with van der Waals surface area (Å²) in [5.41, 5.74) is 0.634. The number of rotatable bonds is 7. The molecule has 3 heterocycles. The molecule has 3 amide bonds. The van der Waals surface area contributed by atoms with Gasteiger partial charge in [0.25, 0.3) is 0 Å². The predicted octanol–water partition coefficient (Wildman–Crippen LogP) is 5.42. The van der Waals surface area contributed by atoms with Crippen molar-refractivity contribution in [2.24, 2.45) is 11.8 Å². The smallest absolute Gasteiger partial charge is 0.246 e. The van der Waals surface area contributed by atoms with Crippen molar-refractivity contribution < 1.29 is 19.1 Å². The Morgan fingerprint density at radius 1 is 1.03 bits per heavy atom. The molecule has 0 aromatic heterocycles. The fourth-order valence-corrected chi connectivity index (χ4v) is 7.81. The first-order valence-corrected chi connectivity index (χ1v) is 15.0. The van der Waals surface area contributed by atoms with Gasteiger partial charge in [0, 0.05) is 28.3 Å². The summed E-state index contributed by atoms with van der Waals surface area (Å²) in [7, 11) is 0. The number of hydrogen-bond acceptors (Lipinski definition) is 4. The van der Waals surface area contributed by atoms with Gasteiger partial charge < -0.3 is 20.3 Å². The van der Waals surface area contributed by atoms with Crippen LogP contribution in [0.4, 0.5) is 5.69 Å². The molecule has 208 valence electrons. The maximum atomic E-state index is 14.1. The number of amides is 3. The molecule has 1 spiro atoms. The van der Waals surface area contributed by atoms with Gasteiger partial charge in [-0.3, -0.25) is 14.4 Å². The van der Waals surface area contributed by atoms with Crippen molar-refractivity contribution in [1.29, 1.82) is 0 Å². The number of carbonyl (C=O) groups is 3. The molecule has 39 heavy (non-hydrogen) atoms. The van der Waals surface area contributed by atoms with Crippen LogP contribution in [-0.4, -0.2) is 53.0 Å². The van der Waals surface area contributed by atoms with E-state index in [0.717, 1.165) is 51.4 Å². The zero-order valence-electron chi connectivity index (χ0n) is 22.0. The largest absolute Gasteiger partial charge is 0.359 e. The molecule has 5 atom stereocenters. The van der Waals surface area contributed by atoms with E-state index < -0.39 is 29.6 Å². The van der Waals surface area contributed by atoms with Crippen LogP contribution in [0.3, 0.4) is 0 Å². The van der Waals surface area contributed by atoms with Gasteiger partial charge in [-0.15, -0.1) is 0 Å². The minimum absolute atomic E-state index is 0.106. The number of hydrogen-bond donors (Lipinski definition) is 2. The van der Waals surface area contributed by atoms with E-state index in [-0.39, 0.29) is 23.8 Å². The lowest BCUT2D eigenvalue weighted by Gasteiger charge is -2.34. The third-order valence-corrected chi connectivity index (χ3v) is 9.50. The molecule has 1 aromatic rings. The summed E-state index contributed by atoms with van der Waals surface area (Å²) in [5, 5.41) is 6.93. The maximum absolute atomic E-state index is 14.1. The van der Waals surface area contributed by atoms with Gasteiger partial charge in [0.2, 0.25) is 17.7 Å². The summed E-state index contributed by atoms with van der Waals surface area (Å²) in [4.78, 5) is 43.4. The number of ether oxygens (including phenoxy) is 1. The number of halogens is 2. The van der Waals surface area contributed by atoms with Crippen LogP contribution in [0.1, 0.15) is 64.2 Å². The Morgan fingerprint density at radius 2 is 1.79 bits per heavy atom.